The normalized spacial score (nSPS) is 21.9. The number of ether oxygens (including phenoxy) is 2. The molecule has 1 saturated carbocycles. The first kappa shape index (κ1) is 26.7. The average Bonchev–Trinajstić information content (AvgIpc) is 3.01. The first-order valence-corrected chi connectivity index (χ1v) is 12.7. The summed E-state index contributed by atoms with van der Waals surface area (Å²) in [4.78, 5) is 22.9. The first-order valence-electron chi connectivity index (χ1n) is 10.5. The van der Waals surface area contributed by atoms with Crippen LogP contribution < -0.4 is 4.74 Å². The predicted molar refractivity (Wildman–Crippen MR) is 128 cm³/mol. The molecule has 1 aliphatic carbocycles. The molecule has 3 N–H and O–H groups in total. The van der Waals surface area contributed by atoms with Crippen LogP contribution in [0.4, 0.5) is 0 Å². The van der Waals surface area contributed by atoms with Gasteiger partial charge in [-0.2, -0.15) is 11.8 Å². The number of carboxylic acid groups (broad SMARTS) is 1. The van der Waals surface area contributed by atoms with Crippen molar-refractivity contribution in [3.8, 4) is 5.75 Å². The SMILES string of the molecule is COCc1cc(CC(O)C=C[C@H]2C(O)CC(=O)C2SCCCSCC(=O)O)cc(OC)c1. The fourth-order valence-corrected chi connectivity index (χ4v) is 5.81. The molecule has 0 amide bonds. The summed E-state index contributed by atoms with van der Waals surface area (Å²) >= 11 is 2.85. The van der Waals surface area contributed by atoms with Gasteiger partial charge in [0.2, 0.25) is 0 Å². The Morgan fingerprint density at radius 2 is 2.00 bits per heavy atom. The molecule has 0 heterocycles. The van der Waals surface area contributed by atoms with Crippen LogP contribution >= 0.6 is 23.5 Å². The summed E-state index contributed by atoms with van der Waals surface area (Å²) in [7, 11) is 3.21. The monoisotopic (exact) mass is 484 g/mol. The fourth-order valence-electron chi connectivity index (χ4n) is 3.62. The Kier molecular flexibility index (Phi) is 11.6. The number of Topliss-reactive ketones (excluding diaryl/α,β-unsaturated/α-hetero) is 1. The van der Waals surface area contributed by atoms with E-state index < -0.39 is 18.2 Å². The maximum Gasteiger partial charge on any atom is 0.313 e. The molecule has 1 fully saturated rings. The molecule has 0 saturated heterocycles. The van der Waals surface area contributed by atoms with E-state index in [2.05, 4.69) is 0 Å². The van der Waals surface area contributed by atoms with Crippen molar-refractivity contribution >= 4 is 35.3 Å². The third-order valence-corrected chi connectivity index (χ3v) is 7.54. The van der Waals surface area contributed by atoms with E-state index in [0.717, 1.165) is 17.5 Å². The van der Waals surface area contributed by atoms with E-state index in [0.29, 0.717) is 30.3 Å². The van der Waals surface area contributed by atoms with Crippen molar-refractivity contribution < 1.29 is 34.4 Å². The second kappa shape index (κ2) is 13.9. The molecule has 3 unspecified atom stereocenters. The van der Waals surface area contributed by atoms with Gasteiger partial charge in [0.05, 0.1) is 36.9 Å². The largest absolute Gasteiger partial charge is 0.497 e. The maximum absolute atomic E-state index is 12.3. The third kappa shape index (κ3) is 8.78. The molecule has 0 spiro atoms. The number of hydrogen-bond donors (Lipinski definition) is 3. The Labute approximate surface area is 197 Å². The standard InChI is InChI=1S/C23H32O7S2/c1-29-13-16-8-15(10-18(11-16)30-2)9-17(24)4-5-19-20(25)12-21(26)23(19)32-7-3-6-31-14-22(27)28/h4-5,8,10-11,17,19-20,23-25H,3,6-7,9,12-14H2,1-2H3,(H,27,28)/t17?,19-,20?,23?/m0/s1. The van der Waals surface area contributed by atoms with E-state index in [1.54, 1.807) is 26.4 Å². The van der Waals surface area contributed by atoms with Crippen molar-refractivity contribution in [1.29, 1.82) is 0 Å². The lowest BCUT2D eigenvalue weighted by atomic mass is 10.0. The zero-order chi connectivity index (χ0) is 23.5. The highest BCUT2D eigenvalue weighted by atomic mass is 32.2. The molecule has 0 aliphatic heterocycles. The van der Waals surface area contributed by atoms with Crippen molar-refractivity contribution in [3.63, 3.8) is 0 Å². The molecular formula is C23H32O7S2. The summed E-state index contributed by atoms with van der Waals surface area (Å²) in [6, 6.07) is 5.71. The quantitative estimate of drug-likeness (QED) is 0.271. The van der Waals surface area contributed by atoms with Crippen molar-refractivity contribution in [1.82, 2.24) is 0 Å². The Balaban J connectivity index is 1.92. The molecule has 1 aromatic carbocycles. The topological polar surface area (TPSA) is 113 Å². The van der Waals surface area contributed by atoms with Gasteiger partial charge in [-0.25, -0.2) is 0 Å². The number of ketones is 1. The average molecular weight is 485 g/mol. The zero-order valence-electron chi connectivity index (χ0n) is 18.4. The minimum Gasteiger partial charge on any atom is -0.497 e. The Morgan fingerprint density at radius 3 is 2.69 bits per heavy atom. The number of aliphatic hydroxyl groups is 2. The predicted octanol–water partition coefficient (Wildman–Crippen LogP) is 2.56. The highest BCUT2D eigenvalue weighted by Crippen LogP contribution is 2.34. The highest BCUT2D eigenvalue weighted by molar-refractivity contribution is 8.01. The maximum atomic E-state index is 12.3. The number of carboxylic acids is 1. The van der Waals surface area contributed by atoms with Crippen LogP contribution in [0.25, 0.3) is 0 Å². The second-order valence-electron chi connectivity index (χ2n) is 7.69. The van der Waals surface area contributed by atoms with Crippen molar-refractivity contribution in [3.05, 3.63) is 41.5 Å². The number of aliphatic hydroxyl groups excluding tert-OH is 2. The van der Waals surface area contributed by atoms with Gasteiger partial charge in [-0.15, -0.1) is 11.8 Å². The van der Waals surface area contributed by atoms with Gasteiger partial charge < -0.3 is 24.8 Å². The summed E-state index contributed by atoms with van der Waals surface area (Å²) in [5, 5.41) is 29.2. The van der Waals surface area contributed by atoms with Crippen LogP contribution in [-0.2, 0) is 27.4 Å². The van der Waals surface area contributed by atoms with E-state index in [1.807, 2.05) is 18.2 Å². The van der Waals surface area contributed by atoms with Crippen LogP contribution in [0.1, 0.15) is 24.0 Å². The number of aliphatic carboxylic acids is 1. The van der Waals surface area contributed by atoms with E-state index in [-0.39, 0.29) is 29.1 Å². The number of carbonyl (C=O) groups excluding carboxylic acids is 1. The van der Waals surface area contributed by atoms with Crippen molar-refractivity contribution in [2.24, 2.45) is 5.92 Å². The molecule has 0 bridgehead atoms. The number of benzene rings is 1. The van der Waals surface area contributed by atoms with Crippen LogP contribution in [0.15, 0.2) is 30.4 Å². The van der Waals surface area contributed by atoms with Gasteiger partial charge in [-0.05, 0) is 41.2 Å². The second-order valence-corrected chi connectivity index (χ2v) is 10.0. The van der Waals surface area contributed by atoms with Crippen molar-refractivity contribution in [2.45, 2.75) is 43.3 Å². The van der Waals surface area contributed by atoms with Gasteiger partial charge in [-0.1, -0.05) is 18.2 Å². The minimum absolute atomic E-state index is 0.0156. The minimum atomic E-state index is -0.829. The number of rotatable bonds is 14. The lowest BCUT2D eigenvalue weighted by molar-refractivity contribution is -0.133. The first-order chi connectivity index (χ1) is 15.3. The molecule has 4 atom stereocenters. The summed E-state index contributed by atoms with van der Waals surface area (Å²) < 4.78 is 10.5. The molecule has 178 valence electrons. The zero-order valence-corrected chi connectivity index (χ0v) is 20.1. The number of carbonyl (C=O) groups is 2. The number of hydrogen-bond acceptors (Lipinski definition) is 8. The van der Waals surface area contributed by atoms with E-state index in [4.69, 9.17) is 14.6 Å². The number of thioether (sulfide) groups is 2. The van der Waals surface area contributed by atoms with Crippen LogP contribution in [-0.4, -0.2) is 76.0 Å². The third-order valence-electron chi connectivity index (χ3n) is 5.05. The van der Waals surface area contributed by atoms with Crippen LogP contribution in [0.2, 0.25) is 0 Å². The summed E-state index contributed by atoms with van der Waals surface area (Å²) in [5.74, 6) is 1.05. The Bertz CT molecular complexity index is 784. The van der Waals surface area contributed by atoms with Gasteiger partial charge >= 0.3 is 5.97 Å². The lowest BCUT2D eigenvalue weighted by Crippen LogP contribution is -2.22. The highest BCUT2D eigenvalue weighted by Gasteiger charge is 2.40. The number of methoxy groups -OCH3 is 2. The van der Waals surface area contributed by atoms with Gasteiger partial charge in [0.1, 0.15) is 11.5 Å². The summed E-state index contributed by atoms with van der Waals surface area (Å²) in [5.41, 5.74) is 1.86. The van der Waals surface area contributed by atoms with Gasteiger partial charge in [0.25, 0.3) is 0 Å². The summed E-state index contributed by atoms with van der Waals surface area (Å²) in [6.07, 6.45) is 3.17. The van der Waals surface area contributed by atoms with Gasteiger partial charge in [-0.3, -0.25) is 9.59 Å². The molecule has 0 aromatic heterocycles. The lowest BCUT2D eigenvalue weighted by Gasteiger charge is -2.18. The van der Waals surface area contributed by atoms with E-state index in [9.17, 15) is 19.8 Å². The van der Waals surface area contributed by atoms with Crippen LogP contribution in [0, 0.1) is 5.92 Å². The Morgan fingerprint density at radius 1 is 1.25 bits per heavy atom. The molecule has 2 rings (SSSR count). The summed E-state index contributed by atoms with van der Waals surface area (Å²) in [6.45, 7) is 0.445. The van der Waals surface area contributed by atoms with E-state index in [1.165, 1.54) is 23.5 Å². The van der Waals surface area contributed by atoms with Gasteiger partial charge in [0, 0.05) is 25.9 Å². The van der Waals surface area contributed by atoms with E-state index >= 15 is 0 Å². The molecular weight excluding hydrogens is 452 g/mol. The van der Waals surface area contributed by atoms with Crippen LogP contribution in [0.5, 0.6) is 5.75 Å². The molecule has 1 aromatic rings. The Hall–Kier alpha value is -1.52. The smallest absolute Gasteiger partial charge is 0.313 e. The molecule has 32 heavy (non-hydrogen) atoms. The van der Waals surface area contributed by atoms with Crippen molar-refractivity contribution in [2.75, 3.05) is 31.5 Å². The molecule has 1 aliphatic rings. The fraction of sp³-hybridized carbons (Fsp3) is 0.565. The molecule has 9 heteroatoms. The molecule has 0 radical (unpaired) electrons. The van der Waals surface area contributed by atoms with Crippen LogP contribution in [0.3, 0.4) is 0 Å². The van der Waals surface area contributed by atoms with Gasteiger partial charge in [0.15, 0.2) is 0 Å². The molecule has 7 nitrogen and oxygen atoms in total.